The van der Waals surface area contributed by atoms with E-state index in [9.17, 15) is 14.7 Å². The van der Waals surface area contributed by atoms with E-state index >= 15 is 0 Å². The number of benzene rings is 1. The number of carbonyl (C=O) groups is 2. The van der Waals surface area contributed by atoms with Gasteiger partial charge in [0.2, 0.25) is 0 Å². The van der Waals surface area contributed by atoms with Crippen LogP contribution in [0.25, 0.3) is 11.1 Å². The fourth-order valence-corrected chi connectivity index (χ4v) is 3.13. The second-order valence-corrected chi connectivity index (χ2v) is 5.62. The summed E-state index contributed by atoms with van der Waals surface area (Å²) in [6.07, 6.45) is 0.379. The van der Waals surface area contributed by atoms with Gasteiger partial charge in [0.25, 0.3) is 5.91 Å². The lowest BCUT2D eigenvalue weighted by molar-refractivity contribution is -0.142. The molecule has 2 aromatic rings. The van der Waals surface area contributed by atoms with Gasteiger partial charge >= 0.3 is 5.97 Å². The lowest BCUT2D eigenvalue weighted by atomic mass is 10.1. The zero-order chi connectivity index (χ0) is 15.4. The third kappa shape index (κ3) is 3.13. The van der Waals surface area contributed by atoms with Crippen molar-refractivity contribution in [2.45, 2.75) is 19.4 Å². The summed E-state index contributed by atoms with van der Waals surface area (Å²) in [4.78, 5) is 25.7. The SMILES string of the molecule is CCC(C(=O)O)N(C)C(=O)c1sccc1-c1ccccc1. The Balaban J connectivity index is 2.33. The molecule has 0 saturated carbocycles. The van der Waals surface area contributed by atoms with Crippen molar-refractivity contribution in [1.29, 1.82) is 0 Å². The molecule has 110 valence electrons. The van der Waals surface area contributed by atoms with Crippen molar-refractivity contribution in [3.05, 3.63) is 46.7 Å². The molecule has 4 nitrogen and oxygen atoms in total. The maximum atomic E-state index is 12.6. The molecule has 0 aliphatic carbocycles. The molecule has 1 heterocycles. The number of nitrogens with zero attached hydrogens (tertiary/aromatic N) is 1. The largest absolute Gasteiger partial charge is 0.480 e. The third-order valence-electron chi connectivity index (χ3n) is 3.40. The molecule has 0 bridgehead atoms. The Hall–Kier alpha value is -2.14. The molecular formula is C16H17NO3S. The Labute approximate surface area is 127 Å². The van der Waals surface area contributed by atoms with Gasteiger partial charge in [-0.25, -0.2) is 4.79 Å². The topological polar surface area (TPSA) is 57.6 Å². The zero-order valence-electron chi connectivity index (χ0n) is 11.9. The van der Waals surface area contributed by atoms with E-state index in [4.69, 9.17) is 0 Å². The summed E-state index contributed by atoms with van der Waals surface area (Å²) in [5.74, 6) is -1.23. The Morgan fingerprint density at radius 3 is 2.48 bits per heavy atom. The highest BCUT2D eigenvalue weighted by atomic mass is 32.1. The van der Waals surface area contributed by atoms with Crippen molar-refractivity contribution in [2.24, 2.45) is 0 Å². The quantitative estimate of drug-likeness (QED) is 0.921. The summed E-state index contributed by atoms with van der Waals surface area (Å²) in [5, 5.41) is 11.0. The number of likely N-dealkylation sites (N-methyl/N-ethyl adjacent to an activating group) is 1. The van der Waals surface area contributed by atoms with E-state index in [-0.39, 0.29) is 5.91 Å². The first-order valence-electron chi connectivity index (χ1n) is 6.69. The Kier molecular flexibility index (Phi) is 4.75. The van der Waals surface area contributed by atoms with Crippen LogP contribution in [-0.2, 0) is 4.79 Å². The van der Waals surface area contributed by atoms with Gasteiger partial charge in [-0.05, 0) is 23.4 Å². The monoisotopic (exact) mass is 303 g/mol. The lowest BCUT2D eigenvalue weighted by Gasteiger charge is -2.23. The van der Waals surface area contributed by atoms with Gasteiger partial charge in [-0.2, -0.15) is 0 Å². The van der Waals surface area contributed by atoms with Crippen LogP contribution >= 0.6 is 11.3 Å². The van der Waals surface area contributed by atoms with Crippen LogP contribution in [0.15, 0.2) is 41.8 Å². The van der Waals surface area contributed by atoms with Gasteiger partial charge in [0.1, 0.15) is 6.04 Å². The summed E-state index contributed by atoms with van der Waals surface area (Å²) in [5.41, 5.74) is 1.80. The molecule has 5 heteroatoms. The van der Waals surface area contributed by atoms with Crippen molar-refractivity contribution < 1.29 is 14.7 Å². The molecule has 1 amide bonds. The van der Waals surface area contributed by atoms with Crippen molar-refractivity contribution >= 4 is 23.2 Å². The van der Waals surface area contributed by atoms with Crippen LogP contribution in [0.2, 0.25) is 0 Å². The fraction of sp³-hybridized carbons (Fsp3) is 0.250. The van der Waals surface area contributed by atoms with Crippen molar-refractivity contribution in [1.82, 2.24) is 4.90 Å². The summed E-state index contributed by atoms with van der Waals surface area (Å²) < 4.78 is 0. The molecular weight excluding hydrogens is 286 g/mol. The molecule has 1 N–H and O–H groups in total. The number of carboxylic acid groups (broad SMARTS) is 1. The highest BCUT2D eigenvalue weighted by Gasteiger charge is 2.27. The van der Waals surface area contributed by atoms with Crippen LogP contribution in [0.5, 0.6) is 0 Å². The molecule has 1 aromatic heterocycles. The van der Waals surface area contributed by atoms with E-state index in [0.29, 0.717) is 11.3 Å². The second-order valence-electron chi connectivity index (χ2n) is 4.71. The first kappa shape index (κ1) is 15.3. The van der Waals surface area contributed by atoms with Crippen LogP contribution < -0.4 is 0 Å². The van der Waals surface area contributed by atoms with Gasteiger partial charge in [-0.15, -0.1) is 11.3 Å². The van der Waals surface area contributed by atoms with Crippen LogP contribution in [0, 0.1) is 0 Å². The van der Waals surface area contributed by atoms with Gasteiger partial charge in [-0.3, -0.25) is 4.79 Å². The molecule has 1 aromatic carbocycles. The van der Waals surface area contributed by atoms with Crippen LogP contribution in [0.4, 0.5) is 0 Å². The molecule has 21 heavy (non-hydrogen) atoms. The average molecular weight is 303 g/mol. The number of rotatable bonds is 5. The van der Waals surface area contributed by atoms with E-state index < -0.39 is 12.0 Å². The number of carbonyl (C=O) groups excluding carboxylic acids is 1. The Morgan fingerprint density at radius 2 is 1.90 bits per heavy atom. The molecule has 1 unspecified atom stereocenters. The molecule has 0 saturated heterocycles. The molecule has 0 aliphatic rings. The number of amides is 1. The van der Waals surface area contributed by atoms with Gasteiger partial charge in [0, 0.05) is 12.6 Å². The third-order valence-corrected chi connectivity index (χ3v) is 4.31. The summed E-state index contributed by atoms with van der Waals surface area (Å²) in [7, 11) is 1.54. The van der Waals surface area contributed by atoms with Crippen molar-refractivity contribution in [3.63, 3.8) is 0 Å². The van der Waals surface area contributed by atoms with E-state index in [1.54, 1.807) is 14.0 Å². The molecule has 0 radical (unpaired) electrons. The first-order chi connectivity index (χ1) is 10.1. The van der Waals surface area contributed by atoms with E-state index in [1.165, 1.54) is 16.2 Å². The molecule has 2 rings (SSSR count). The maximum absolute atomic E-state index is 12.6. The van der Waals surface area contributed by atoms with Gasteiger partial charge in [0.05, 0.1) is 4.88 Å². The number of hydrogen-bond acceptors (Lipinski definition) is 3. The molecule has 0 aliphatic heterocycles. The Bertz CT molecular complexity index is 636. The molecule has 0 spiro atoms. The standard InChI is InChI=1S/C16H17NO3S/c1-3-13(16(19)20)17(2)15(18)14-12(9-10-21-14)11-7-5-4-6-8-11/h4-10,13H,3H2,1-2H3,(H,19,20). The summed E-state index contributed by atoms with van der Waals surface area (Å²) >= 11 is 1.34. The minimum atomic E-state index is -0.980. The van der Waals surface area contributed by atoms with Gasteiger partial charge < -0.3 is 10.0 Å². The zero-order valence-corrected chi connectivity index (χ0v) is 12.8. The predicted molar refractivity (Wildman–Crippen MR) is 83.6 cm³/mol. The lowest BCUT2D eigenvalue weighted by Crippen LogP contribution is -2.41. The number of aliphatic carboxylic acids is 1. The van der Waals surface area contributed by atoms with E-state index in [2.05, 4.69) is 0 Å². The van der Waals surface area contributed by atoms with Crippen LogP contribution in [0.1, 0.15) is 23.0 Å². The smallest absolute Gasteiger partial charge is 0.326 e. The highest BCUT2D eigenvalue weighted by Crippen LogP contribution is 2.29. The second kappa shape index (κ2) is 6.54. The first-order valence-corrected chi connectivity index (χ1v) is 7.57. The number of thiophene rings is 1. The van der Waals surface area contributed by atoms with Crippen molar-refractivity contribution in [3.8, 4) is 11.1 Å². The number of hydrogen-bond donors (Lipinski definition) is 1. The maximum Gasteiger partial charge on any atom is 0.326 e. The van der Waals surface area contributed by atoms with Gasteiger partial charge in [-0.1, -0.05) is 37.3 Å². The van der Waals surface area contributed by atoms with Crippen LogP contribution in [-0.4, -0.2) is 35.0 Å². The summed E-state index contributed by atoms with van der Waals surface area (Å²) in [6, 6.07) is 10.7. The Morgan fingerprint density at radius 1 is 1.24 bits per heavy atom. The number of carboxylic acids is 1. The molecule has 1 atom stereocenters. The van der Waals surface area contributed by atoms with E-state index in [0.717, 1.165) is 11.1 Å². The predicted octanol–water partition coefficient (Wildman–Crippen LogP) is 3.35. The van der Waals surface area contributed by atoms with E-state index in [1.807, 2.05) is 41.8 Å². The van der Waals surface area contributed by atoms with Crippen LogP contribution in [0.3, 0.4) is 0 Å². The highest BCUT2D eigenvalue weighted by molar-refractivity contribution is 7.12. The van der Waals surface area contributed by atoms with Crippen molar-refractivity contribution in [2.75, 3.05) is 7.05 Å². The minimum Gasteiger partial charge on any atom is -0.480 e. The minimum absolute atomic E-state index is 0.252. The fourth-order valence-electron chi connectivity index (χ4n) is 2.24. The average Bonchev–Trinajstić information content (AvgIpc) is 2.97. The van der Waals surface area contributed by atoms with Gasteiger partial charge in [0.15, 0.2) is 0 Å². The molecule has 0 fully saturated rings. The summed E-state index contributed by atoms with van der Waals surface area (Å²) in [6.45, 7) is 1.76. The normalized spacial score (nSPS) is 11.9.